The fourth-order valence-corrected chi connectivity index (χ4v) is 6.12. The molecule has 2 heterocycles. The molecule has 0 spiro atoms. The number of aromatic hydroxyl groups is 1. The average molecular weight is 413 g/mol. The summed E-state index contributed by atoms with van der Waals surface area (Å²) in [6.07, 6.45) is 5.31. The van der Waals surface area contributed by atoms with Crippen molar-refractivity contribution >= 4 is 15.7 Å². The summed E-state index contributed by atoms with van der Waals surface area (Å²) in [7, 11) is -3.52. The lowest BCUT2D eigenvalue weighted by Crippen LogP contribution is -2.40. The molecule has 0 saturated carbocycles. The SMILES string of the molecule is O=S(=O)(c1ccc2c(c1)C1C=CCC1C(c1ccc(O)cc1)N2)N1CCOCC1. The van der Waals surface area contributed by atoms with Crippen molar-refractivity contribution in [3.63, 3.8) is 0 Å². The summed E-state index contributed by atoms with van der Waals surface area (Å²) < 4.78 is 33.0. The van der Waals surface area contributed by atoms with Gasteiger partial charge in [-0.3, -0.25) is 0 Å². The normalized spacial score (nSPS) is 26.6. The van der Waals surface area contributed by atoms with Gasteiger partial charge >= 0.3 is 0 Å². The number of allylic oxidation sites excluding steroid dienone is 2. The maximum atomic E-state index is 13.1. The molecule has 3 atom stereocenters. The van der Waals surface area contributed by atoms with Gasteiger partial charge in [-0.25, -0.2) is 8.42 Å². The van der Waals surface area contributed by atoms with E-state index in [9.17, 15) is 13.5 Å². The number of rotatable bonds is 3. The fraction of sp³-hybridized carbons (Fsp3) is 0.364. The zero-order valence-electron chi connectivity index (χ0n) is 16.0. The van der Waals surface area contributed by atoms with Gasteiger partial charge in [-0.15, -0.1) is 0 Å². The van der Waals surface area contributed by atoms with Gasteiger partial charge in [-0.05, 0) is 53.8 Å². The number of hydrogen-bond donors (Lipinski definition) is 2. The first-order valence-electron chi connectivity index (χ1n) is 9.98. The van der Waals surface area contributed by atoms with E-state index in [-0.39, 0.29) is 17.7 Å². The van der Waals surface area contributed by atoms with Gasteiger partial charge in [0.15, 0.2) is 0 Å². The predicted octanol–water partition coefficient (Wildman–Crippen LogP) is 3.24. The Bertz CT molecular complexity index is 1040. The Labute approximate surface area is 170 Å². The molecular weight excluding hydrogens is 388 g/mol. The van der Waals surface area contributed by atoms with E-state index in [2.05, 4.69) is 17.5 Å². The molecule has 3 unspecified atom stereocenters. The maximum absolute atomic E-state index is 13.1. The molecule has 3 aliphatic rings. The molecule has 2 N–H and O–H groups in total. The van der Waals surface area contributed by atoms with E-state index in [0.29, 0.717) is 37.1 Å². The van der Waals surface area contributed by atoms with Crippen molar-refractivity contribution in [1.82, 2.24) is 4.31 Å². The van der Waals surface area contributed by atoms with Crippen molar-refractivity contribution in [3.8, 4) is 5.75 Å². The summed E-state index contributed by atoms with van der Waals surface area (Å²) >= 11 is 0. The Hall–Kier alpha value is -2.35. The minimum absolute atomic E-state index is 0.116. The summed E-state index contributed by atoms with van der Waals surface area (Å²) in [6.45, 7) is 1.67. The molecule has 7 heteroatoms. The highest BCUT2D eigenvalue weighted by Crippen LogP contribution is 2.50. The van der Waals surface area contributed by atoms with Gasteiger partial charge in [0.1, 0.15) is 5.75 Å². The zero-order chi connectivity index (χ0) is 20.0. The van der Waals surface area contributed by atoms with E-state index in [1.165, 1.54) is 4.31 Å². The lowest BCUT2D eigenvalue weighted by atomic mass is 9.77. The first kappa shape index (κ1) is 18.7. The molecule has 1 aliphatic carbocycles. The highest BCUT2D eigenvalue weighted by molar-refractivity contribution is 7.89. The van der Waals surface area contributed by atoms with Crippen LogP contribution in [0.3, 0.4) is 0 Å². The molecule has 0 amide bonds. The molecule has 1 fully saturated rings. The lowest BCUT2D eigenvalue weighted by Gasteiger charge is -2.38. The van der Waals surface area contributed by atoms with Crippen LogP contribution in [0.1, 0.15) is 29.5 Å². The number of phenolic OH excluding ortho intramolecular Hbond substituents is 1. The molecule has 1 saturated heterocycles. The van der Waals surface area contributed by atoms with Crippen LogP contribution in [-0.4, -0.2) is 44.1 Å². The first-order chi connectivity index (χ1) is 14.0. The van der Waals surface area contributed by atoms with Crippen LogP contribution >= 0.6 is 0 Å². The second-order valence-corrected chi connectivity index (χ2v) is 9.77. The first-order valence-corrected chi connectivity index (χ1v) is 11.4. The Morgan fingerprint density at radius 3 is 2.59 bits per heavy atom. The fourth-order valence-electron chi connectivity index (χ4n) is 4.68. The standard InChI is InChI=1S/C22H24N2O4S/c25-16-6-4-15(5-7-16)22-19-3-1-2-18(19)20-14-17(8-9-21(20)23-22)29(26,27)24-10-12-28-13-11-24/h1-2,4-9,14,18-19,22-23,25H,3,10-13H2. The van der Waals surface area contributed by atoms with Crippen LogP contribution in [0, 0.1) is 5.92 Å². The van der Waals surface area contributed by atoms with Crippen molar-refractivity contribution in [1.29, 1.82) is 0 Å². The number of sulfonamides is 1. The largest absolute Gasteiger partial charge is 0.508 e. The Morgan fingerprint density at radius 2 is 1.83 bits per heavy atom. The molecule has 6 nitrogen and oxygen atoms in total. The Morgan fingerprint density at radius 1 is 1.07 bits per heavy atom. The number of phenols is 1. The summed E-state index contributed by atoms with van der Waals surface area (Å²) in [4.78, 5) is 0.349. The molecule has 2 aliphatic heterocycles. The number of hydrogen-bond acceptors (Lipinski definition) is 5. The van der Waals surface area contributed by atoms with Gasteiger partial charge in [-0.1, -0.05) is 24.3 Å². The average Bonchev–Trinajstić information content (AvgIpc) is 3.24. The van der Waals surface area contributed by atoms with Crippen LogP contribution in [-0.2, 0) is 14.8 Å². The third-order valence-corrected chi connectivity index (χ3v) is 8.09. The smallest absolute Gasteiger partial charge is 0.243 e. The molecule has 152 valence electrons. The van der Waals surface area contributed by atoms with Crippen molar-refractivity contribution < 1.29 is 18.3 Å². The van der Waals surface area contributed by atoms with E-state index < -0.39 is 10.0 Å². The van der Waals surface area contributed by atoms with Gasteiger partial charge in [-0.2, -0.15) is 4.31 Å². The molecule has 0 aromatic heterocycles. The quantitative estimate of drug-likeness (QED) is 0.757. The van der Waals surface area contributed by atoms with Crippen LogP contribution in [0.5, 0.6) is 5.75 Å². The zero-order valence-corrected chi connectivity index (χ0v) is 16.8. The molecule has 2 aromatic rings. The third kappa shape index (κ3) is 3.23. The molecule has 5 rings (SSSR count). The van der Waals surface area contributed by atoms with Gasteiger partial charge in [0.2, 0.25) is 10.0 Å². The van der Waals surface area contributed by atoms with Gasteiger partial charge in [0.25, 0.3) is 0 Å². The number of anilines is 1. The molecule has 2 aromatic carbocycles. The number of nitrogens with one attached hydrogen (secondary N) is 1. The number of fused-ring (bicyclic) bond motifs is 3. The summed E-state index contributed by atoms with van der Waals surface area (Å²) in [5, 5.41) is 13.2. The second kappa shape index (κ2) is 7.16. The lowest BCUT2D eigenvalue weighted by molar-refractivity contribution is 0.0730. The van der Waals surface area contributed by atoms with E-state index in [4.69, 9.17) is 4.74 Å². The van der Waals surface area contributed by atoms with Gasteiger partial charge < -0.3 is 15.2 Å². The molecule has 0 radical (unpaired) electrons. The van der Waals surface area contributed by atoms with E-state index in [0.717, 1.165) is 23.2 Å². The van der Waals surface area contributed by atoms with Crippen LogP contribution in [0.2, 0.25) is 0 Å². The van der Waals surface area contributed by atoms with Crippen molar-refractivity contribution in [3.05, 3.63) is 65.7 Å². The van der Waals surface area contributed by atoms with Gasteiger partial charge in [0, 0.05) is 24.7 Å². The van der Waals surface area contributed by atoms with Gasteiger partial charge in [0.05, 0.1) is 24.2 Å². The monoisotopic (exact) mass is 412 g/mol. The highest BCUT2D eigenvalue weighted by atomic mass is 32.2. The predicted molar refractivity (Wildman–Crippen MR) is 110 cm³/mol. The second-order valence-electron chi connectivity index (χ2n) is 7.83. The number of morpholine rings is 1. The maximum Gasteiger partial charge on any atom is 0.243 e. The van der Waals surface area contributed by atoms with Crippen LogP contribution < -0.4 is 5.32 Å². The third-order valence-electron chi connectivity index (χ3n) is 6.19. The van der Waals surface area contributed by atoms with Crippen molar-refractivity contribution in [2.24, 2.45) is 5.92 Å². The van der Waals surface area contributed by atoms with Crippen molar-refractivity contribution in [2.75, 3.05) is 31.6 Å². The van der Waals surface area contributed by atoms with Crippen molar-refractivity contribution in [2.45, 2.75) is 23.3 Å². The number of nitrogens with zero attached hydrogens (tertiary/aromatic N) is 1. The minimum atomic E-state index is -3.52. The Kier molecular flexibility index (Phi) is 4.61. The summed E-state index contributed by atoms with van der Waals surface area (Å²) in [5.74, 6) is 0.738. The number of benzene rings is 2. The van der Waals surface area contributed by atoms with Crippen LogP contribution in [0.25, 0.3) is 0 Å². The molecular formula is C22H24N2O4S. The topological polar surface area (TPSA) is 78.9 Å². The van der Waals surface area contributed by atoms with E-state index in [1.54, 1.807) is 18.2 Å². The van der Waals surface area contributed by atoms with E-state index in [1.807, 2.05) is 24.3 Å². The van der Waals surface area contributed by atoms with E-state index >= 15 is 0 Å². The highest BCUT2D eigenvalue weighted by Gasteiger charge is 2.39. The summed E-state index contributed by atoms with van der Waals surface area (Å²) in [5.41, 5.74) is 3.13. The minimum Gasteiger partial charge on any atom is -0.508 e. The van der Waals surface area contributed by atoms with Crippen LogP contribution in [0.15, 0.2) is 59.5 Å². The number of ether oxygens (including phenoxy) is 1. The summed E-state index contributed by atoms with van der Waals surface area (Å²) in [6, 6.07) is 12.9. The molecule has 0 bridgehead atoms. The molecule has 29 heavy (non-hydrogen) atoms. The Balaban J connectivity index is 1.51. The van der Waals surface area contributed by atoms with Crippen LogP contribution in [0.4, 0.5) is 5.69 Å².